The number of ether oxygens (including phenoxy) is 2. The van der Waals surface area contributed by atoms with Gasteiger partial charge in [0.1, 0.15) is 46.0 Å². The van der Waals surface area contributed by atoms with Gasteiger partial charge in [0.05, 0.1) is 94.5 Å². The van der Waals surface area contributed by atoms with E-state index in [1.165, 1.54) is 45.3 Å². The first-order valence-corrected chi connectivity index (χ1v) is 50.3. The third-order valence-corrected chi connectivity index (χ3v) is 30.9. The first-order chi connectivity index (χ1) is 63.7. The number of pyridine rings is 4. The van der Waals surface area contributed by atoms with Crippen LogP contribution in [0.2, 0.25) is 0 Å². The summed E-state index contributed by atoms with van der Waals surface area (Å²) in [6.07, 6.45) is 19.4. The van der Waals surface area contributed by atoms with Crippen LogP contribution in [-0.4, -0.2) is 276 Å². The lowest BCUT2D eigenvalue weighted by molar-refractivity contribution is 0.0719. The van der Waals surface area contributed by atoms with E-state index in [1.54, 1.807) is 24.8 Å². The molecule has 0 aromatic carbocycles. The molecule has 0 radical (unpaired) electrons. The molecule has 17 rings (SSSR count). The number of likely N-dealkylation sites (tertiary alicyclic amines) is 3. The molecular formula is C95H128N20O14S4. The fraction of sp³-hybridized carbons (Fsp3) is 0.579. The zero-order valence-corrected chi connectivity index (χ0v) is 81.8. The highest BCUT2D eigenvalue weighted by atomic mass is 32.1. The number of hydrogen-bond acceptors (Lipinski definition) is 30. The number of carbonyl (C=O) groups excluding carboxylic acids is 8. The Kier molecular flexibility index (Phi) is 32.4. The number of carbonyl (C=O) groups is 8. The van der Waals surface area contributed by atoms with Gasteiger partial charge in [0.25, 0.3) is 47.3 Å². The Hall–Kier alpha value is -10.2. The number of thiazole rings is 4. The van der Waals surface area contributed by atoms with E-state index in [4.69, 9.17) is 9.47 Å². The lowest BCUT2D eigenvalue weighted by Gasteiger charge is -2.21. The van der Waals surface area contributed by atoms with Crippen molar-refractivity contribution in [3.8, 4) is 41.8 Å². The van der Waals surface area contributed by atoms with E-state index in [9.17, 15) is 58.8 Å². The van der Waals surface area contributed by atoms with Crippen molar-refractivity contribution in [1.29, 1.82) is 0 Å². The monoisotopic (exact) mass is 1900 g/mol. The maximum atomic E-state index is 13.7. The zero-order valence-electron chi connectivity index (χ0n) is 78.6. The molecule has 7 saturated heterocycles. The molecule has 7 aliphatic heterocycles. The highest BCUT2D eigenvalue weighted by Gasteiger charge is 2.46. The Morgan fingerprint density at radius 1 is 0.376 bits per heavy atom. The number of nitrogens with zero attached hydrogens (tertiary/aromatic N) is 12. The Morgan fingerprint density at radius 2 is 0.624 bits per heavy atom. The van der Waals surface area contributed by atoms with Crippen molar-refractivity contribution in [2.75, 3.05) is 67.3 Å². The fourth-order valence-corrected chi connectivity index (χ4v) is 21.5. The van der Waals surface area contributed by atoms with Crippen molar-refractivity contribution >= 4 is 116 Å². The van der Waals surface area contributed by atoms with Crippen LogP contribution in [0.15, 0.2) is 49.1 Å². The normalized spacial score (nSPS) is 24.0. The molecule has 8 amide bonds. The van der Waals surface area contributed by atoms with Gasteiger partial charge < -0.3 is 92.0 Å². The van der Waals surface area contributed by atoms with Crippen molar-refractivity contribution in [2.45, 2.75) is 310 Å². The number of anilines is 4. The number of aryl methyl sites for hydroxylation is 4. The highest BCUT2D eigenvalue weighted by molar-refractivity contribution is 7.18. The number of rotatable bonds is 28. The van der Waals surface area contributed by atoms with Gasteiger partial charge in [-0.1, -0.05) is 27.7 Å². The van der Waals surface area contributed by atoms with E-state index < -0.39 is 48.3 Å². The summed E-state index contributed by atoms with van der Waals surface area (Å²) in [6.45, 7) is 33.8. The van der Waals surface area contributed by atoms with Crippen LogP contribution in [0.1, 0.15) is 282 Å². The quantitative estimate of drug-likeness (QED) is 0.0217. The molecule has 12 N–H and O–H groups in total. The molecule has 2 aliphatic carbocycles. The van der Waals surface area contributed by atoms with Gasteiger partial charge in [-0.2, -0.15) is 0 Å². The van der Waals surface area contributed by atoms with E-state index in [0.717, 1.165) is 158 Å². The van der Waals surface area contributed by atoms with Crippen LogP contribution in [0.3, 0.4) is 0 Å². The summed E-state index contributed by atoms with van der Waals surface area (Å²) in [5, 5.41) is 64.7. The van der Waals surface area contributed by atoms with Crippen LogP contribution in [0.25, 0.3) is 41.8 Å². The van der Waals surface area contributed by atoms with E-state index in [1.807, 2.05) is 92.3 Å². The fourth-order valence-electron chi connectivity index (χ4n) is 17.3. The van der Waals surface area contributed by atoms with Crippen LogP contribution in [0, 0.1) is 27.7 Å². The van der Waals surface area contributed by atoms with Gasteiger partial charge in [-0.25, -0.2) is 39.9 Å². The average Bonchev–Trinajstić information content (AvgIpc) is 1.61. The summed E-state index contributed by atoms with van der Waals surface area (Å²) >= 11 is 4.79. The van der Waals surface area contributed by atoms with Gasteiger partial charge in [-0.15, -0.1) is 45.3 Å². The van der Waals surface area contributed by atoms with Crippen molar-refractivity contribution in [1.82, 2.24) is 80.7 Å². The van der Waals surface area contributed by atoms with E-state index in [-0.39, 0.29) is 130 Å². The van der Waals surface area contributed by atoms with Gasteiger partial charge in [-0.05, 0) is 225 Å². The number of fused-ring (bicyclic) bond motifs is 2. The molecule has 0 spiro atoms. The predicted octanol–water partition coefficient (Wildman–Crippen LogP) is 12.2. The van der Waals surface area contributed by atoms with Gasteiger partial charge in [0, 0.05) is 121 Å². The van der Waals surface area contributed by atoms with Gasteiger partial charge in [0.15, 0.2) is 20.0 Å². The second-order valence-corrected chi connectivity index (χ2v) is 40.9. The second-order valence-electron chi connectivity index (χ2n) is 36.9. The molecular weight excluding hydrogens is 1770 g/mol. The van der Waals surface area contributed by atoms with Crippen LogP contribution in [-0.2, 0) is 9.47 Å². The Labute approximate surface area is 792 Å². The SMILES string of the molecule is CC[C@@H](C)Nc1cc(C)c(-c2sc(C(=O)N[C@@H]3COC[C@H]3O)nc2C(=O)N2C3CCC2CC3)cn1.CC[C@@H](C)Nc1cc(C)c(-c2sc(C(=O)N[C@@H]3C[C@H]3O)nc2C(=O)N2CCC[C@@H]2C)cn1.CC[C@@H](C)Nc1cc(C)c(-c2sc(C(=O)N[C@H]3C[C@H]3O)nc2C(=O)N2CCC[C@@H]2C)cn1.CC[C@H](C)Nc1cc(C)c(-c2sc(C(=O)N[C@H]3COC[C@@H]3O)nc2C(=O)N2CCC[C@@H]2C)cn1. The van der Waals surface area contributed by atoms with Crippen molar-refractivity contribution in [3.63, 3.8) is 0 Å². The Morgan fingerprint density at radius 3 is 0.835 bits per heavy atom. The number of aliphatic hydroxyl groups is 4. The number of amides is 8. The lowest BCUT2D eigenvalue weighted by atomic mass is 10.0. The number of nitrogens with one attached hydrogen (secondary N) is 8. The lowest BCUT2D eigenvalue weighted by Crippen LogP contribution is -2.42. The van der Waals surface area contributed by atoms with Crippen LogP contribution in [0.4, 0.5) is 23.3 Å². The second kappa shape index (κ2) is 43.7. The maximum Gasteiger partial charge on any atom is 0.280 e. The van der Waals surface area contributed by atoms with Gasteiger partial charge in [0.2, 0.25) is 0 Å². The minimum atomic E-state index is -0.757. The van der Waals surface area contributed by atoms with Gasteiger partial charge in [-0.3, -0.25) is 38.4 Å². The molecule has 8 aromatic heterocycles. The average molecular weight is 1900 g/mol. The summed E-state index contributed by atoms with van der Waals surface area (Å²) in [6, 6.07) is 8.55. The van der Waals surface area contributed by atoms with Crippen molar-refractivity contribution in [2.24, 2.45) is 0 Å². The van der Waals surface area contributed by atoms with Crippen molar-refractivity contribution in [3.05, 3.63) is 114 Å². The minimum Gasteiger partial charge on any atom is -0.391 e. The Balaban J connectivity index is 0.000000143. The standard InChI is InChI=1S/C25H33N5O4S.C24H33N5O4S.2C23H31N5O3S/c1-4-14(3)27-20-9-13(2)17(10-26-20)22-21(25(33)30-15-5-6-16(30)8-7-15)29-24(35-22)23(32)28-18-11-34-12-19(18)31;1-5-14(3)26-19-9-13(2)16(10-25-19)21-20(24(32)29-8-6-7-15(29)4)28-23(34-21)22(31)27-17-11-33-12-18(17)30;2*1-5-13(3)25-18-9-12(2)15(11-24-18)20-19(23(31)28-8-6-7-14(28)4)27-22(32-20)21(30)26-16-10-17(16)29/h9-10,14-16,18-19,31H,4-8,11-12H2,1-3H3,(H,26,27)(H,28,32);9-10,14-15,17-18,30H,5-8,11-12H2,1-4H3,(H,25,26)(H,27,31);2*9,11,13-14,16-17,29H,5-8,10H2,1-4H3,(H,24,25)(H,26,30)/t14-,15?,16?,18-,19-;14-,15-,17-,18-;13-,14+,16+,17-;13-,14+,16-,17-/m1011/s1. The number of aromatic nitrogens is 8. The number of hydrogen-bond donors (Lipinski definition) is 12. The topological polar surface area (TPSA) is 448 Å². The molecule has 0 unspecified atom stereocenters. The Bertz CT molecular complexity index is 5370. The van der Waals surface area contributed by atoms with Crippen molar-refractivity contribution < 1.29 is 68.3 Å². The maximum absolute atomic E-state index is 13.7. The van der Waals surface area contributed by atoms with Gasteiger partial charge >= 0.3 is 0 Å². The number of aliphatic hydroxyl groups excluding tert-OH is 4. The van der Waals surface area contributed by atoms with Crippen LogP contribution >= 0.6 is 45.3 Å². The first-order valence-electron chi connectivity index (χ1n) is 47.0. The van der Waals surface area contributed by atoms with E-state index >= 15 is 0 Å². The molecule has 133 heavy (non-hydrogen) atoms. The van der Waals surface area contributed by atoms with Crippen LogP contribution < -0.4 is 42.5 Å². The largest absolute Gasteiger partial charge is 0.391 e. The molecule has 34 nitrogen and oxygen atoms in total. The summed E-state index contributed by atoms with van der Waals surface area (Å²) < 4.78 is 10.5. The first kappa shape index (κ1) is 98.8. The molecule has 8 aromatic rings. The third-order valence-electron chi connectivity index (χ3n) is 26.6. The smallest absolute Gasteiger partial charge is 0.280 e. The third kappa shape index (κ3) is 23.3. The minimum absolute atomic E-state index is 0.106. The highest BCUT2D eigenvalue weighted by Crippen LogP contribution is 2.44. The summed E-state index contributed by atoms with van der Waals surface area (Å²) in [5.74, 6) is 1.02. The molecule has 38 heteroatoms. The molecule has 9 aliphatic rings. The summed E-state index contributed by atoms with van der Waals surface area (Å²) in [4.78, 5) is 152. The summed E-state index contributed by atoms with van der Waals surface area (Å²) in [5.41, 5.74) is 8.21. The summed E-state index contributed by atoms with van der Waals surface area (Å²) in [7, 11) is 0. The molecule has 716 valence electrons. The van der Waals surface area contributed by atoms with E-state index in [0.29, 0.717) is 93.2 Å². The van der Waals surface area contributed by atoms with E-state index in [2.05, 4.69) is 138 Å². The zero-order chi connectivity index (χ0) is 95.1. The molecule has 2 saturated carbocycles. The molecule has 9 fully saturated rings. The molecule has 2 bridgehead atoms. The predicted molar refractivity (Wildman–Crippen MR) is 515 cm³/mol. The van der Waals surface area contributed by atoms with Crippen LogP contribution in [0.5, 0.6) is 0 Å². The molecule has 15 atom stereocenters. The molecule has 15 heterocycles.